The van der Waals surface area contributed by atoms with Crippen molar-refractivity contribution in [2.45, 2.75) is 70.7 Å². The Morgan fingerprint density at radius 1 is 1.02 bits per heavy atom. The molecule has 2 saturated heterocycles. The van der Waals surface area contributed by atoms with Crippen molar-refractivity contribution in [3.63, 3.8) is 0 Å². The smallest absolute Gasteiger partial charge is 0.174 e. The molecule has 0 radical (unpaired) electrons. The molecule has 3 aromatic rings. The molecule has 1 aromatic carbocycles. The lowest BCUT2D eigenvalue weighted by atomic mass is 9.96. The SMILES string of the molecule is Cc1cc(C2C(c3ccccn3)NC(=S)N2c2ccc(OC3CCCC3)cc2)c(C)n1CCCN1CCOCC1. The molecule has 1 N–H and O–H groups in total. The molecule has 1 aliphatic carbocycles. The first-order valence-corrected chi connectivity index (χ1v) is 15.2. The van der Waals surface area contributed by atoms with Gasteiger partial charge in [-0.2, -0.15) is 0 Å². The molecular weight excluding hydrogens is 518 g/mol. The van der Waals surface area contributed by atoms with Crippen LogP contribution in [-0.2, 0) is 11.3 Å². The van der Waals surface area contributed by atoms with Crippen LogP contribution in [0.5, 0.6) is 5.75 Å². The zero-order valence-electron chi connectivity index (χ0n) is 23.7. The van der Waals surface area contributed by atoms with E-state index in [2.05, 4.69) is 76.0 Å². The number of benzene rings is 1. The highest BCUT2D eigenvalue weighted by Gasteiger charge is 2.42. The van der Waals surface area contributed by atoms with E-state index in [1.807, 2.05) is 12.3 Å². The van der Waals surface area contributed by atoms with E-state index >= 15 is 0 Å². The zero-order chi connectivity index (χ0) is 27.5. The number of pyridine rings is 1. The third-order valence-electron chi connectivity index (χ3n) is 8.71. The topological polar surface area (TPSA) is 54.8 Å². The summed E-state index contributed by atoms with van der Waals surface area (Å²) in [6, 6.07) is 16.9. The summed E-state index contributed by atoms with van der Waals surface area (Å²) in [7, 11) is 0. The standard InChI is InChI=1S/C32H41N5O2S/c1-23-22-28(24(2)36(23)17-7-16-35-18-20-38-21-19-35)31-30(29-10-5-6-15-33-29)34-32(40)37(31)25-11-13-27(14-12-25)39-26-8-3-4-9-26/h5-6,10-15,22,26,30-31H,3-4,7-9,16-21H2,1-2H3,(H,34,40). The lowest BCUT2D eigenvalue weighted by molar-refractivity contribution is 0.0369. The molecular formula is C32H41N5O2S. The minimum atomic E-state index is -0.0505. The fraction of sp³-hybridized carbons (Fsp3) is 0.500. The normalized spacial score (nSPS) is 22.1. The maximum Gasteiger partial charge on any atom is 0.174 e. The molecule has 6 rings (SSSR count). The van der Waals surface area contributed by atoms with Crippen molar-refractivity contribution < 1.29 is 9.47 Å². The van der Waals surface area contributed by atoms with Gasteiger partial charge in [0.25, 0.3) is 0 Å². The predicted octanol–water partition coefficient (Wildman–Crippen LogP) is 5.72. The molecule has 40 heavy (non-hydrogen) atoms. The van der Waals surface area contributed by atoms with Crippen molar-refractivity contribution in [3.8, 4) is 5.75 Å². The van der Waals surface area contributed by atoms with E-state index in [1.54, 1.807) is 0 Å². The summed E-state index contributed by atoms with van der Waals surface area (Å²) in [4.78, 5) is 9.52. The number of thiocarbonyl (C=S) groups is 1. The molecule has 0 bridgehead atoms. The van der Waals surface area contributed by atoms with Crippen LogP contribution < -0.4 is 15.0 Å². The zero-order valence-corrected chi connectivity index (χ0v) is 24.5. The van der Waals surface area contributed by atoms with Crippen molar-refractivity contribution in [3.05, 3.63) is 77.4 Å². The Hall–Kier alpha value is -2.94. The highest BCUT2D eigenvalue weighted by Crippen LogP contribution is 2.43. The molecule has 3 aliphatic rings. The molecule has 0 spiro atoms. The Kier molecular flexibility index (Phi) is 8.37. The van der Waals surface area contributed by atoms with Gasteiger partial charge in [0.15, 0.2) is 5.11 Å². The van der Waals surface area contributed by atoms with Crippen LogP contribution >= 0.6 is 12.2 Å². The fourth-order valence-corrected chi connectivity index (χ4v) is 6.93. The number of aromatic nitrogens is 2. The van der Waals surface area contributed by atoms with Crippen LogP contribution in [0.3, 0.4) is 0 Å². The summed E-state index contributed by atoms with van der Waals surface area (Å²) in [5.74, 6) is 0.935. The lowest BCUT2D eigenvalue weighted by Crippen LogP contribution is -2.37. The van der Waals surface area contributed by atoms with Crippen molar-refractivity contribution in [2.24, 2.45) is 0 Å². The van der Waals surface area contributed by atoms with Gasteiger partial charge in [0.1, 0.15) is 5.75 Å². The second-order valence-electron chi connectivity index (χ2n) is 11.3. The average Bonchev–Trinajstić information content (AvgIpc) is 3.69. The van der Waals surface area contributed by atoms with Gasteiger partial charge >= 0.3 is 0 Å². The van der Waals surface area contributed by atoms with Gasteiger partial charge in [0.2, 0.25) is 0 Å². The number of ether oxygens (including phenoxy) is 2. The summed E-state index contributed by atoms with van der Waals surface area (Å²) in [6.07, 6.45) is 8.15. The number of hydrogen-bond donors (Lipinski definition) is 1. The maximum absolute atomic E-state index is 6.25. The number of nitrogens with zero attached hydrogens (tertiary/aromatic N) is 4. The first-order valence-electron chi connectivity index (χ1n) is 14.8. The van der Waals surface area contributed by atoms with Crippen LogP contribution in [0.25, 0.3) is 0 Å². The fourth-order valence-electron chi connectivity index (χ4n) is 6.58. The number of morpholine rings is 1. The highest BCUT2D eigenvalue weighted by molar-refractivity contribution is 7.80. The number of anilines is 1. The summed E-state index contributed by atoms with van der Waals surface area (Å²) < 4.78 is 14.2. The number of hydrogen-bond acceptors (Lipinski definition) is 5. The number of nitrogens with one attached hydrogen (secondary N) is 1. The maximum atomic E-state index is 6.25. The summed E-state index contributed by atoms with van der Waals surface area (Å²) in [5.41, 5.74) is 5.93. The Bertz CT molecular complexity index is 1280. The molecule has 2 atom stereocenters. The molecule has 2 unspecified atom stereocenters. The van der Waals surface area contributed by atoms with Gasteiger partial charge in [-0.15, -0.1) is 0 Å². The largest absolute Gasteiger partial charge is 0.490 e. The molecule has 4 heterocycles. The summed E-state index contributed by atoms with van der Waals surface area (Å²) in [6.45, 7) is 10.3. The van der Waals surface area contributed by atoms with Gasteiger partial charge < -0.3 is 24.3 Å². The van der Waals surface area contributed by atoms with E-state index in [-0.39, 0.29) is 12.1 Å². The third kappa shape index (κ3) is 5.76. The van der Waals surface area contributed by atoms with Crippen molar-refractivity contribution in [2.75, 3.05) is 37.7 Å². The predicted molar refractivity (Wildman–Crippen MR) is 163 cm³/mol. The van der Waals surface area contributed by atoms with Crippen LogP contribution in [0.2, 0.25) is 0 Å². The molecule has 3 fully saturated rings. The summed E-state index contributed by atoms with van der Waals surface area (Å²) >= 11 is 5.98. The molecule has 1 saturated carbocycles. The van der Waals surface area contributed by atoms with E-state index in [4.69, 9.17) is 26.7 Å². The van der Waals surface area contributed by atoms with Crippen LogP contribution in [0.1, 0.15) is 66.8 Å². The van der Waals surface area contributed by atoms with Gasteiger partial charge in [-0.05, 0) is 106 Å². The average molecular weight is 560 g/mol. The third-order valence-corrected chi connectivity index (χ3v) is 9.02. The Balaban J connectivity index is 1.28. The van der Waals surface area contributed by atoms with Crippen molar-refractivity contribution in [1.82, 2.24) is 19.8 Å². The molecule has 7 nitrogen and oxygen atoms in total. The van der Waals surface area contributed by atoms with E-state index in [9.17, 15) is 0 Å². The Morgan fingerprint density at radius 3 is 2.52 bits per heavy atom. The van der Waals surface area contributed by atoms with Crippen molar-refractivity contribution >= 4 is 23.0 Å². The number of aryl methyl sites for hydroxylation is 1. The van der Waals surface area contributed by atoms with E-state index < -0.39 is 0 Å². The van der Waals surface area contributed by atoms with E-state index in [0.29, 0.717) is 6.10 Å². The molecule has 2 aliphatic heterocycles. The van der Waals surface area contributed by atoms with E-state index in [0.717, 1.165) is 80.9 Å². The number of rotatable bonds is 9. The molecule has 212 valence electrons. The minimum absolute atomic E-state index is 0.0109. The second-order valence-corrected chi connectivity index (χ2v) is 11.7. The minimum Gasteiger partial charge on any atom is -0.490 e. The molecule has 2 aromatic heterocycles. The van der Waals surface area contributed by atoms with Gasteiger partial charge in [0, 0.05) is 49.5 Å². The van der Waals surface area contributed by atoms with Crippen LogP contribution in [0.4, 0.5) is 5.69 Å². The van der Waals surface area contributed by atoms with Crippen molar-refractivity contribution in [1.29, 1.82) is 0 Å². The van der Waals surface area contributed by atoms with Gasteiger partial charge in [0.05, 0.1) is 37.1 Å². The Labute approximate surface area is 243 Å². The van der Waals surface area contributed by atoms with Crippen LogP contribution in [0.15, 0.2) is 54.7 Å². The van der Waals surface area contributed by atoms with Crippen LogP contribution in [0, 0.1) is 13.8 Å². The van der Waals surface area contributed by atoms with Gasteiger partial charge in [-0.1, -0.05) is 6.07 Å². The summed E-state index contributed by atoms with van der Waals surface area (Å²) in [5, 5.41) is 4.34. The monoisotopic (exact) mass is 559 g/mol. The molecule has 0 amide bonds. The Morgan fingerprint density at radius 2 is 1.80 bits per heavy atom. The van der Waals surface area contributed by atoms with Gasteiger partial charge in [-0.3, -0.25) is 9.88 Å². The van der Waals surface area contributed by atoms with Gasteiger partial charge in [-0.25, -0.2) is 0 Å². The quantitative estimate of drug-likeness (QED) is 0.337. The first kappa shape index (κ1) is 27.2. The van der Waals surface area contributed by atoms with Crippen LogP contribution in [-0.4, -0.2) is 58.5 Å². The van der Waals surface area contributed by atoms with E-state index in [1.165, 1.54) is 29.8 Å². The highest BCUT2D eigenvalue weighted by atomic mass is 32.1. The second kappa shape index (κ2) is 12.3. The first-order chi connectivity index (χ1) is 19.6. The lowest BCUT2D eigenvalue weighted by Gasteiger charge is -2.28. The molecule has 8 heteroatoms.